The maximum Gasteiger partial charge on any atom is 0.165 e. The topological polar surface area (TPSA) is 58.9 Å². The van der Waals surface area contributed by atoms with Gasteiger partial charge in [0.15, 0.2) is 5.65 Å². The van der Waals surface area contributed by atoms with Crippen LogP contribution in [0.5, 0.6) is 0 Å². The van der Waals surface area contributed by atoms with Crippen LogP contribution in [0.4, 0.5) is 5.82 Å². The Morgan fingerprint density at radius 3 is 2.74 bits per heavy atom. The highest BCUT2D eigenvalue weighted by atomic mass is 15.3. The van der Waals surface area contributed by atoms with Crippen LogP contribution >= 0.6 is 0 Å². The quantitative estimate of drug-likeness (QED) is 0.631. The van der Waals surface area contributed by atoms with Crippen LogP contribution in [0.3, 0.4) is 0 Å². The van der Waals surface area contributed by atoms with Crippen molar-refractivity contribution in [1.29, 1.82) is 0 Å². The van der Waals surface area contributed by atoms with Gasteiger partial charge in [-0.2, -0.15) is 5.10 Å². The lowest BCUT2D eigenvalue weighted by atomic mass is 9.93. The predicted molar refractivity (Wildman–Crippen MR) is 127 cm³/mol. The molecule has 2 aromatic heterocycles. The van der Waals surface area contributed by atoms with Crippen LogP contribution in [0.2, 0.25) is 0 Å². The number of hydrogen-bond donors (Lipinski definition) is 1. The first kappa shape index (κ1) is 20.7. The summed E-state index contributed by atoms with van der Waals surface area (Å²) in [5, 5.41) is 8.83. The Kier molecular flexibility index (Phi) is 5.51. The van der Waals surface area contributed by atoms with Gasteiger partial charge in [-0.25, -0.2) is 14.6 Å². The van der Waals surface area contributed by atoms with E-state index in [2.05, 4.69) is 83.7 Å². The number of anilines is 1. The van der Waals surface area contributed by atoms with Crippen LogP contribution in [0, 0.1) is 18.8 Å². The number of nitrogens with zero attached hydrogens (tertiary/aromatic N) is 5. The normalized spacial score (nSPS) is 13.2. The van der Waals surface area contributed by atoms with E-state index in [1.54, 1.807) is 6.33 Å². The highest BCUT2D eigenvalue weighted by Crippen LogP contribution is 2.37. The molecule has 3 heterocycles. The Hall–Kier alpha value is -3.59. The molecule has 0 amide bonds. The van der Waals surface area contributed by atoms with Gasteiger partial charge < -0.3 is 10.2 Å². The van der Waals surface area contributed by atoms with Gasteiger partial charge in [0.05, 0.1) is 11.9 Å². The van der Waals surface area contributed by atoms with Gasteiger partial charge in [-0.05, 0) is 43.9 Å². The molecule has 158 valence electrons. The molecule has 1 N–H and O–H groups in total. The summed E-state index contributed by atoms with van der Waals surface area (Å²) >= 11 is 0. The standard InChI is InChI=1S/C25H28N6/c1-7-8-12-21-23-24(26-6)27-15-28-25(23)30(29-21)14-20-13-19-11-9-10-17(4)22(19)18(5)31(20)16(2)3/h9-11,13,15-16H,5,7,14H2,1-4,6H3,(H,26,27,28). The van der Waals surface area contributed by atoms with Crippen molar-refractivity contribution in [2.75, 3.05) is 12.4 Å². The zero-order valence-corrected chi connectivity index (χ0v) is 18.8. The smallest absolute Gasteiger partial charge is 0.165 e. The van der Waals surface area contributed by atoms with Crippen molar-refractivity contribution < 1.29 is 0 Å². The lowest BCUT2D eigenvalue weighted by Gasteiger charge is -2.37. The number of aryl methyl sites for hydroxylation is 1. The minimum absolute atomic E-state index is 0.259. The third-order valence-electron chi connectivity index (χ3n) is 5.49. The fourth-order valence-electron chi connectivity index (χ4n) is 4.23. The van der Waals surface area contributed by atoms with Crippen LogP contribution in [-0.2, 0) is 6.54 Å². The summed E-state index contributed by atoms with van der Waals surface area (Å²) in [5.41, 5.74) is 7.24. The molecule has 3 aromatic rings. The summed E-state index contributed by atoms with van der Waals surface area (Å²) in [7, 11) is 1.85. The Morgan fingerprint density at radius 1 is 1.23 bits per heavy atom. The first-order valence-electron chi connectivity index (χ1n) is 10.6. The summed E-state index contributed by atoms with van der Waals surface area (Å²) in [5.74, 6) is 7.05. The van der Waals surface area contributed by atoms with E-state index >= 15 is 0 Å². The van der Waals surface area contributed by atoms with Gasteiger partial charge in [-0.15, -0.1) is 0 Å². The first-order valence-corrected chi connectivity index (χ1v) is 10.6. The van der Waals surface area contributed by atoms with E-state index in [4.69, 9.17) is 5.10 Å². The molecule has 0 fully saturated rings. The van der Waals surface area contributed by atoms with Crippen LogP contribution in [-0.4, -0.2) is 37.7 Å². The molecule has 1 aliphatic rings. The Morgan fingerprint density at radius 2 is 2.03 bits per heavy atom. The van der Waals surface area contributed by atoms with Crippen molar-refractivity contribution in [3.63, 3.8) is 0 Å². The van der Waals surface area contributed by atoms with E-state index < -0.39 is 0 Å². The summed E-state index contributed by atoms with van der Waals surface area (Å²) in [6.07, 6.45) is 4.57. The third kappa shape index (κ3) is 3.57. The second-order valence-corrected chi connectivity index (χ2v) is 7.92. The van der Waals surface area contributed by atoms with Gasteiger partial charge in [-0.1, -0.05) is 37.6 Å². The molecule has 31 heavy (non-hydrogen) atoms. The highest BCUT2D eigenvalue weighted by Gasteiger charge is 2.26. The van der Waals surface area contributed by atoms with Gasteiger partial charge in [-0.3, -0.25) is 0 Å². The van der Waals surface area contributed by atoms with E-state index in [0.29, 0.717) is 12.2 Å². The number of nitrogens with one attached hydrogen (secondary N) is 1. The number of rotatable bonds is 4. The van der Waals surface area contributed by atoms with Crippen molar-refractivity contribution >= 4 is 28.6 Å². The number of fused-ring (bicyclic) bond motifs is 2. The number of allylic oxidation sites excluding steroid dienone is 1. The molecule has 0 spiro atoms. The van der Waals surface area contributed by atoms with Crippen molar-refractivity contribution in [1.82, 2.24) is 24.6 Å². The molecule has 0 saturated carbocycles. The van der Waals surface area contributed by atoms with Crippen molar-refractivity contribution in [3.05, 3.63) is 59.2 Å². The van der Waals surface area contributed by atoms with E-state index in [-0.39, 0.29) is 6.04 Å². The maximum atomic E-state index is 4.83. The van der Waals surface area contributed by atoms with Crippen molar-refractivity contribution in [3.8, 4) is 11.8 Å². The first-order chi connectivity index (χ1) is 15.0. The number of hydrogen-bond acceptors (Lipinski definition) is 5. The SMILES string of the molecule is C=C1c2c(C)cccc2C=C(Cn2nc(C#CCC)c3c(NC)ncnc32)N1C(C)C. The summed E-state index contributed by atoms with van der Waals surface area (Å²) in [4.78, 5) is 11.2. The number of aromatic nitrogens is 4. The molecular weight excluding hydrogens is 384 g/mol. The highest BCUT2D eigenvalue weighted by molar-refractivity contribution is 5.91. The van der Waals surface area contributed by atoms with Crippen LogP contribution in [0.1, 0.15) is 49.6 Å². The van der Waals surface area contributed by atoms with Crippen molar-refractivity contribution in [2.45, 2.75) is 46.7 Å². The molecule has 0 unspecified atom stereocenters. The summed E-state index contributed by atoms with van der Waals surface area (Å²) in [6, 6.07) is 6.63. The monoisotopic (exact) mass is 412 g/mol. The average Bonchev–Trinajstić information content (AvgIpc) is 3.09. The van der Waals surface area contributed by atoms with E-state index in [0.717, 1.165) is 34.7 Å². The largest absolute Gasteiger partial charge is 0.372 e. The van der Waals surface area contributed by atoms with Gasteiger partial charge in [0, 0.05) is 36.5 Å². The van der Waals surface area contributed by atoms with E-state index in [9.17, 15) is 0 Å². The average molecular weight is 413 g/mol. The maximum absolute atomic E-state index is 4.83. The lowest BCUT2D eigenvalue weighted by Crippen LogP contribution is -2.33. The van der Waals surface area contributed by atoms with E-state index in [1.165, 1.54) is 16.7 Å². The van der Waals surface area contributed by atoms with Crippen molar-refractivity contribution in [2.24, 2.45) is 0 Å². The second kappa shape index (κ2) is 8.27. The molecular formula is C25H28N6. The zero-order valence-electron chi connectivity index (χ0n) is 18.8. The molecule has 0 atom stereocenters. The summed E-state index contributed by atoms with van der Waals surface area (Å²) < 4.78 is 1.92. The summed E-state index contributed by atoms with van der Waals surface area (Å²) in [6.45, 7) is 13.5. The molecule has 0 aliphatic carbocycles. The van der Waals surface area contributed by atoms with Gasteiger partial charge >= 0.3 is 0 Å². The third-order valence-corrected chi connectivity index (χ3v) is 5.49. The molecule has 0 bridgehead atoms. The molecule has 0 radical (unpaired) electrons. The van der Waals surface area contributed by atoms with Gasteiger partial charge in [0.1, 0.15) is 17.8 Å². The molecule has 6 nitrogen and oxygen atoms in total. The van der Waals surface area contributed by atoms with Gasteiger partial charge in [0.25, 0.3) is 0 Å². The predicted octanol–water partition coefficient (Wildman–Crippen LogP) is 4.67. The minimum Gasteiger partial charge on any atom is -0.372 e. The van der Waals surface area contributed by atoms with E-state index in [1.807, 2.05) is 18.7 Å². The Labute approximate surface area is 183 Å². The Balaban J connectivity index is 1.87. The van der Waals surface area contributed by atoms with Crippen LogP contribution < -0.4 is 5.32 Å². The second-order valence-electron chi connectivity index (χ2n) is 7.92. The van der Waals surface area contributed by atoms with Crippen LogP contribution in [0.15, 0.2) is 36.8 Å². The molecule has 1 aliphatic heterocycles. The molecule has 0 saturated heterocycles. The zero-order chi connectivity index (χ0) is 22.1. The molecule has 6 heteroatoms. The fraction of sp³-hybridized carbons (Fsp3) is 0.320. The Bertz CT molecular complexity index is 1250. The fourth-order valence-corrected chi connectivity index (χ4v) is 4.23. The lowest BCUT2D eigenvalue weighted by molar-refractivity contribution is 0.379. The molecule has 1 aromatic carbocycles. The number of benzene rings is 1. The van der Waals surface area contributed by atoms with Gasteiger partial charge in [0.2, 0.25) is 0 Å². The molecule has 4 rings (SSSR count). The van der Waals surface area contributed by atoms with Crippen LogP contribution in [0.25, 0.3) is 22.8 Å². The minimum atomic E-state index is 0.259.